The zero-order chi connectivity index (χ0) is 25.6. The average molecular weight is 499 g/mol. The molecule has 0 unspecified atom stereocenters. The number of anilines is 2. The summed E-state index contributed by atoms with van der Waals surface area (Å²) in [7, 11) is 0. The Bertz CT molecular complexity index is 1490. The van der Waals surface area contributed by atoms with Crippen molar-refractivity contribution in [1.82, 2.24) is 19.7 Å². The lowest BCUT2D eigenvalue weighted by Gasteiger charge is -2.26. The van der Waals surface area contributed by atoms with Gasteiger partial charge in [0.15, 0.2) is 0 Å². The third-order valence-electron chi connectivity index (χ3n) is 6.63. The van der Waals surface area contributed by atoms with Crippen LogP contribution < -0.4 is 21.9 Å². The molecular formula is C28H30N6O3. The molecule has 0 aliphatic heterocycles. The third kappa shape index (κ3) is 5.72. The number of hydrogen-bond acceptors (Lipinski definition) is 7. The minimum absolute atomic E-state index is 0.109. The smallest absolute Gasteiger partial charge is 0.330 e. The highest BCUT2D eigenvalue weighted by Gasteiger charge is 2.22. The molecule has 9 heteroatoms. The summed E-state index contributed by atoms with van der Waals surface area (Å²) in [5.41, 5.74) is 8.76. The van der Waals surface area contributed by atoms with Gasteiger partial charge in [0.1, 0.15) is 11.5 Å². The molecule has 4 aromatic rings. The van der Waals surface area contributed by atoms with Crippen molar-refractivity contribution < 1.29 is 4.52 Å². The fourth-order valence-electron chi connectivity index (χ4n) is 4.67. The van der Waals surface area contributed by atoms with Gasteiger partial charge in [0.05, 0.1) is 13.1 Å². The predicted molar refractivity (Wildman–Crippen MR) is 143 cm³/mol. The number of rotatable bonds is 9. The number of allylic oxidation sites excluding steroid dienone is 1. The van der Waals surface area contributed by atoms with Gasteiger partial charge in [0.25, 0.3) is 5.56 Å². The van der Waals surface area contributed by atoms with Crippen molar-refractivity contribution in [2.75, 3.05) is 17.2 Å². The maximum atomic E-state index is 13.1. The summed E-state index contributed by atoms with van der Waals surface area (Å²) in [4.78, 5) is 34.7. The monoisotopic (exact) mass is 498 g/mol. The molecule has 2 aromatic heterocycles. The van der Waals surface area contributed by atoms with Crippen molar-refractivity contribution in [3.05, 3.63) is 105 Å². The van der Waals surface area contributed by atoms with E-state index in [1.807, 2.05) is 65.6 Å². The lowest BCUT2D eigenvalue weighted by atomic mass is 9.97. The lowest BCUT2D eigenvalue weighted by molar-refractivity contribution is 0.376. The van der Waals surface area contributed by atoms with E-state index < -0.39 is 11.2 Å². The van der Waals surface area contributed by atoms with Crippen LogP contribution in [0.4, 0.5) is 11.5 Å². The molecule has 0 amide bonds. The Balaban J connectivity index is 1.49. The van der Waals surface area contributed by atoms with Crippen LogP contribution in [-0.2, 0) is 13.1 Å². The molecule has 9 nitrogen and oxygen atoms in total. The van der Waals surface area contributed by atoms with E-state index in [1.54, 1.807) is 0 Å². The topological polar surface area (TPSA) is 123 Å². The van der Waals surface area contributed by atoms with Gasteiger partial charge in [-0.2, -0.15) is 4.98 Å². The molecule has 0 saturated carbocycles. The molecule has 1 aliphatic rings. The second-order valence-electron chi connectivity index (χ2n) is 9.22. The average Bonchev–Trinajstić information content (AvgIpc) is 3.40. The largest absolute Gasteiger partial charge is 0.383 e. The molecule has 0 atom stereocenters. The van der Waals surface area contributed by atoms with Gasteiger partial charge in [0, 0.05) is 12.1 Å². The van der Waals surface area contributed by atoms with E-state index in [4.69, 9.17) is 10.3 Å². The Hall–Kier alpha value is -4.40. The summed E-state index contributed by atoms with van der Waals surface area (Å²) in [6.07, 6.45) is 7.55. The van der Waals surface area contributed by atoms with Gasteiger partial charge in [-0.1, -0.05) is 77.5 Å². The van der Waals surface area contributed by atoms with Crippen molar-refractivity contribution in [2.45, 2.75) is 45.2 Å². The van der Waals surface area contributed by atoms with Crippen LogP contribution in [-0.4, -0.2) is 26.2 Å². The molecular weight excluding hydrogens is 468 g/mol. The molecule has 37 heavy (non-hydrogen) atoms. The van der Waals surface area contributed by atoms with Gasteiger partial charge in [-0.15, -0.1) is 0 Å². The summed E-state index contributed by atoms with van der Waals surface area (Å²) in [5.74, 6) is 0.940. The van der Waals surface area contributed by atoms with Crippen LogP contribution in [0, 0.1) is 0 Å². The fraction of sp³-hybridized carbons (Fsp3) is 0.286. The fourth-order valence-corrected chi connectivity index (χ4v) is 4.67. The van der Waals surface area contributed by atoms with E-state index >= 15 is 0 Å². The van der Waals surface area contributed by atoms with Gasteiger partial charge >= 0.3 is 5.69 Å². The molecule has 5 rings (SSSR count). The van der Waals surface area contributed by atoms with Crippen molar-refractivity contribution in [1.29, 1.82) is 0 Å². The number of nitrogens with zero attached hydrogens (tertiary/aromatic N) is 4. The van der Waals surface area contributed by atoms with Gasteiger partial charge in [0.2, 0.25) is 11.7 Å². The minimum atomic E-state index is -0.547. The van der Waals surface area contributed by atoms with E-state index in [1.165, 1.54) is 23.0 Å². The van der Waals surface area contributed by atoms with Crippen molar-refractivity contribution in [3.63, 3.8) is 0 Å². The Morgan fingerprint density at radius 1 is 1.03 bits per heavy atom. The first-order valence-electron chi connectivity index (χ1n) is 12.6. The summed E-state index contributed by atoms with van der Waals surface area (Å²) in [6, 6.07) is 19.1. The van der Waals surface area contributed by atoms with E-state index in [0.717, 1.165) is 30.4 Å². The van der Waals surface area contributed by atoms with Crippen LogP contribution in [0.25, 0.3) is 11.4 Å². The number of nitrogens with one attached hydrogen (secondary N) is 1. The van der Waals surface area contributed by atoms with Gasteiger partial charge in [-0.3, -0.25) is 14.3 Å². The molecule has 0 radical (unpaired) electrons. The molecule has 2 aromatic carbocycles. The maximum Gasteiger partial charge on any atom is 0.330 e. The molecule has 2 heterocycles. The lowest BCUT2D eigenvalue weighted by Crippen LogP contribution is -2.39. The van der Waals surface area contributed by atoms with Gasteiger partial charge in [-0.25, -0.2) is 4.79 Å². The highest BCUT2D eigenvalue weighted by molar-refractivity contribution is 5.63. The Morgan fingerprint density at radius 2 is 1.78 bits per heavy atom. The van der Waals surface area contributed by atoms with E-state index in [-0.39, 0.29) is 24.6 Å². The number of nitrogens with two attached hydrogens (primary N) is 1. The first-order valence-corrected chi connectivity index (χ1v) is 12.6. The highest BCUT2D eigenvalue weighted by Crippen LogP contribution is 2.25. The summed E-state index contributed by atoms with van der Waals surface area (Å²) >= 11 is 0. The molecule has 0 saturated heterocycles. The number of hydrogen-bond donors (Lipinski definition) is 2. The summed E-state index contributed by atoms with van der Waals surface area (Å²) < 4.78 is 6.94. The zero-order valence-corrected chi connectivity index (χ0v) is 20.6. The summed E-state index contributed by atoms with van der Waals surface area (Å²) in [6.45, 7) is 0.947. The van der Waals surface area contributed by atoms with Crippen molar-refractivity contribution >= 4 is 11.5 Å². The number of H-pyrrole nitrogens is 1. The number of nitrogen functional groups attached to an aromatic ring is 1. The highest BCUT2D eigenvalue weighted by atomic mass is 16.5. The first kappa shape index (κ1) is 24.3. The van der Waals surface area contributed by atoms with Crippen molar-refractivity contribution in [2.24, 2.45) is 0 Å². The zero-order valence-electron chi connectivity index (χ0n) is 20.6. The molecule has 190 valence electrons. The standard InChI is InChI=1S/C28H30N6O3/c29-25-24(27(35)31-28(36)34(25)18-21-12-6-2-7-13-21)33(17-16-20-10-4-1-5-11-20)19-23-30-26(32-37-23)22-14-8-3-9-15-22/h2-3,6-10,12-15H,1,4-5,11,16-19,29H2,(H,31,35,36). The van der Waals surface area contributed by atoms with Gasteiger partial charge < -0.3 is 15.2 Å². The van der Waals surface area contributed by atoms with Crippen LogP contribution >= 0.6 is 0 Å². The van der Waals surface area contributed by atoms with Crippen LogP contribution in [0.1, 0.15) is 43.6 Å². The van der Waals surface area contributed by atoms with Crippen LogP contribution in [0.15, 0.2) is 86.4 Å². The third-order valence-corrected chi connectivity index (χ3v) is 6.63. The molecule has 0 fully saturated rings. The second kappa shape index (κ2) is 11.1. The molecule has 1 aliphatic carbocycles. The van der Waals surface area contributed by atoms with E-state index in [0.29, 0.717) is 18.3 Å². The first-order chi connectivity index (χ1) is 18.1. The van der Waals surface area contributed by atoms with E-state index in [2.05, 4.69) is 21.2 Å². The molecule has 0 spiro atoms. The van der Waals surface area contributed by atoms with E-state index in [9.17, 15) is 9.59 Å². The van der Waals surface area contributed by atoms with Gasteiger partial charge in [-0.05, 0) is 37.7 Å². The van der Waals surface area contributed by atoms with Crippen LogP contribution in [0.5, 0.6) is 0 Å². The predicted octanol–water partition coefficient (Wildman–Crippen LogP) is 4.11. The number of aromatic amines is 1. The Kier molecular flexibility index (Phi) is 7.30. The maximum absolute atomic E-state index is 13.1. The molecule has 0 bridgehead atoms. The quantitative estimate of drug-likeness (QED) is 0.333. The van der Waals surface area contributed by atoms with Crippen LogP contribution in [0.3, 0.4) is 0 Å². The molecule has 3 N–H and O–H groups in total. The van der Waals surface area contributed by atoms with Crippen LogP contribution in [0.2, 0.25) is 0 Å². The number of benzene rings is 2. The normalized spacial score (nSPS) is 13.4. The Morgan fingerprint density at radius 3 is 2.51 bits per heavy atom. The number of aromatic nitrogens is 4. The summed E-state index contributed by atoms with van der Waals surface area (Å²) in [5, 5.41) is 4.12. The SMILES string of the molecule is Nc1c(N(CCC2=CCCCC2)Cc2nc(-c3ccccc3)no2)c(=O)[nH]c(=O)n1Cc1ccccc1. The van der Waals surface area contributed by atoms with Crippen molar-refractivity contribution in [3.8, 4) is 11.4 Å². The Labute approximate surface area is 214 Å². The second-order valence-corrected chi connectivity index (χ2v) is 9.22. The minimum Gasteiger partial charge on any atom is -0.383 e.